The van der Waals surface area contributed by atoms with Crippen molar-refractivity contribution in [2.45, 2.75) is 13.1 Å². The molecule has 0 unspecified atom stereocenters. The summed E-state index contributed by atoms with van der Waals surface area (Å²) in [5.41, 5.74) is 7.35. The molecule has 0 fully saturated rings. The molecule has 0 aliphatic carbocycles. The predicted octanol–water partition coefficient (Wildman–Crippen LogP) is 0.804. The summed E-state index contributed by atoms with van der Waals surface area (Å²) in [5.74, 6) is 1.08. The summed E-state index contributed by atoms with van der Waals surface area (Å²) in [7, 11) is 1.95. The molecule has 4 N–H and O–H groups in total. The summed E-state index contributed by atoms with van der Waals surface area (Å²) in [5, 5.41) is 15.1. The SMILES string of the molecule is Cn1ccnc1CNCc1ccccc1C(N)=NO. The highest BCUT2D eigenvalue weighted by Gasteiger charge is 2.06. The zero-order valence-corrected chi connectivity index (χ0v) is 10.7. The third-order valence-electron chi connectivity index (χ3n) is 2.92. The van der Waals surface area contributed by atoms with Gasteiger partial charge in [-0.15, -0.1) is 0 Å². The van der Waals surface area contributed by atoms with E-state index in [0.29, 0.717) is 13.1 Å². The Balaban J connectivity index is 2.02. The lowest BCUT2D eigenvalue weighted by Gasteiger charge is -2.09. The first kappa shape index (κ1) is 13.1. The number of amidine groups is 1. The smallest absolute Gasteiger partial charge is 0.170 e. The number of hydrogen-bond acceptors (Lipinski definition) is 4. The number of imidazole rings is 1. The van der Waals surface area contributed by atoms with Gasteiger partial charge in [0.05, 0.1) is 6.54 Å². The lowest BCUT2D eigenvalue weighted by Crippen LogP contribution is -2.20. The van der Waals surface area contributed by atoms with Crippen LogP contribution in [0.4, 0.5) is 0 Å². The molecule has 0 saturated heterocycles. The average molecular weight is 259 g/mol. The first-order valence-corrected chi connectivity index (χ1v) is 5.95. The highest BCUT2D eigenvalue weighted by atomic mass is 16.4. The van der Waals surface area contributed by atoms with Crippen LogP contribution in [-0.2, 0) is 20.1 Å². The van der Waals surface area contributed by atoms with Gasteiger partial charge in [0.1, 0.15) is 5.82 Å². The first-order valence-electron chi connectivity index (χ1n) is 5.95. The van der Waals surface area contributed by atoms with Gasteiger partial charge in [0.25, 0.3) is 0 Å². The van der Waals surface area contributed by atoms with Crippen LogP contribution in [-0.4, -0.2) is 20.6 Å². The van der Waals surface area contributed by atoms with Gasteiger partial charge in [-0.25, -0.2) is 4.98 Å². The number of nitrogens with one attached hydrogen (secondary N) is 1. The molecule has 1 aromatic carbocycles. The third-order valence-corrected chi connectivity index (χ3v) is 2.92. The summed E-state index contributed by atoms with van der Waals surface area (Å²) in [4.78, 5) is 4.23. The standard InChI is InChI=1S/C13H17N5O/c1-18-7-6-16-12(18)9-15-8-10-4-2-3-5-11(10)13(14)17-19/h2-7,15,19H,8-9H2,1H3,(H2,14,17). The number of aryl methyl sites for hydroxylation is 1. The molecule has 0 radical (unpaired) electrons. The van der Waals surface area contributed by atoms with Crippen LogP contribution in [0.15, 0.2) is 41.8 Å². The number of nitrogens with two attached hydrogens (primary N) is 1. The van der Waals surface area contributed by atoms with Gasteiger partial charge in [-0.05, 0) is 5.56 Å². The Kier molecular flexibility index (Phi) is 4.15. The van der Waals surface area contributed by atoms with E-state index in [9.17, 15) is 0 Å². The molecule has 1 aromatic heterocycles. The van der Waals surface area contributed by atoms with Crippen molar-refractivity contribution in [3.05, 3.63) is 53.6 Å². The number of rotatable bonds is 5. The van der Waals surface area contributed by atoms with Crippen molar-refractivity contribution in [1.82, 2.24) is 14.9 Å². The lowest BCUT2D eigenvalue weighted by atomic mass is 10.1. The number of aromatic nitrogens is 2. The summed E-state index contributed by atoms with van der Waals surface area (Å²) < 4.78 is 1.96. The minimum absolute atomic E-state index is 0.120. The van der Waals surface area contributed by atoms with Crippen LogP contribution >= 0.6 is 0 Å². The molecule has 0 aliphatic heterocycles. The van der Waals surface area contributed by atoms with Gasteiger partial charge in [-0.3, -0.25) is 0 Å². The van der Waals surface area contributed by atoms with Crippen molar-refractivity contribution in [2.75, 3.05) is 0 Å². The van der Waals surface area contributed by atoms with Crippen molar-refractivity contribution < 1.29 is 5.21 Å². The van der Waals surface area contributed by atoms with Crippen molar-refractivity contribution in [3.63, 3.8) is 0 Å². The molecular formula is C13H17N5O. The maximum absolute atomic E-state index is 8.75. The maximum Gasteiger partial charge on any atom is 0.170 e. The van der Waals surface area contributed by atoms with Gasteiger partial charge >= 0.3 is 0 Å². The fourth-order valence-electron chi connectivity index (χ4n) is 1.85. The second-order valence-electron chi connectivity index (χ2n) is 4.20. The fourth-order valence-corrected chi connectivity index (χ4v) is 1.85. The summed E-state index contributed by atoms with van der Waals surface area (Å²) in [6, 6.07) is 7.55. The Morgan fingerprint density at radius 1 is 1.42 bits per heavy atom. The largest absolute Gasteiger partial charge is 0.409 e. The lowest BCUT2D eigenvalue weighted by molar-refractivity contribution is 0.318. The Morgan fingerprint density at radius 3 is 2.89 bits per heavy atom. The summed E-state index contributed by atoms with van der Waals surface area (Å²) >= 11 is 0. The van der Waals surface area contributed by atoms with E-state index in [-0.39, 0.29) is 5.84 Å². The zero-order chi connectivity index (χ0) is 13.7. The van der Waals surface area contributed by atoms with Gasteiger partial charge < -0.3 is 20.8 Å². The van der Waals surface area contributed by atoms with Crippen LogP contribution < -0.4 is 11.1 Å². The number of oxime groups is 1. The molecule has 1 heterocycles. The Labute approximate surface area is 111 Å². The van der Waals surface area contributed by atoms with Gasteiger partial charge in [0.2, 0.25) is 0 Å². The first-order chi connectivity index (χ1) is 9.22. The monoisotopic (exact) mass is 259 g/mol. The van der Waals surface area contributed by atoms with Crippen LogP contribution in [0.1, 0.15) is 17.0 Å². The molecule has 2 rings (SSSR count). The zero-order valence-electron chi connectivity index (χ0n) is 10.7. The number of benzene rings is 1. The van der Waals surface area contributed by atoms with Crippen molar-refractivity contribution in [3.8, 4) is 0 Å². The third kappa shape index (κ3) is 3.11. The predicted molar refractivity (Wildman–Crippen MR) is 72.7 cm³/mol. The fraction of sp³-hybridized carbons (Fsp3) is 0.231. The molecule has 100 valence electrons. The molecular weight excluding hydrogens is 242 g/mol. The van der Waals surface area contributed by atoms with E-state index in [0.717, 1.165) is 17.0 Å². The molecule has 6 heteroatoms. The van der Waals surface area contributed by atoms with E-state index < -0.39 is 0 Å². The normalized spacial score (nSPS) is 11.7. The van der Waals surface area contributed by atoms with Gasteiger partial charge in [0, 0.05) is 31.5 Å². The molecule has 0 amide bonds. The van der Waals surface area contributed by atoms with Crippen LogP contribution in [0.25, 0.3) is 0 Å². The number of nitrogens with zero attached hydrogens (tertiary/aromatic N) is 3. The van der Waals surface area contributed by atoms with Crippen LogP contribution in [0.2, 0.25) is 0 Å². The van der Waals surface area contributed by atoms with Crippen LogP contribution in [0.3, 0.4) is 0 Å². The van der Waals surface area contributed by atoms with E-state index >= 15 is 0 Å². The molecule has 0 bridgehead atoms. The van der Waals surface area contributed by atoms with E-state index in [4.69, 9.17) is 10.9 Å². The molecule has 6 nitrogen and oxygen atoms in total. The highest BCUT2D eigenvalue weighted by Crippen LogP contribution is 2.08. The molecule has 0 spiro atoms. The minimum atomic E-state index is 0.120. The van der Waals surface area contributed by atoms with Crippen LogP contribution in [0, 0.1) is 0 Å². The summed E-state index contributed by atoms with van der Waals surface area (Å²) in [6.07, 6.45) is 3.67. The summed E-state index contributed by atoms with van der Waals surface area (Å²) in [6.45, 7) is 1.28. The molecule has 0 atom stereocenters. The van der Waals surface area contributed by atoms with Crippen molar-refractivity contribution in [1.29, 1.82) is 0 Å². The van der Waals surface area contributed by atoms with Gasteiger partial charge in [0.15, 0.2) is 5.84 Å². The quantitative estimate of drug-likeness (QED) is 0.321. The van der Waals surface area contributed by atoms with Crippen molar-refractivity contribution >= 4 is 5.84 Å². The van der Waals surface area contributed by atoms with Crippen LogP contribution in [0.5, 0.6) is 0 Å². The number of hydrogen-bond donors (Lipinski definition) is 3. The van der Waals surface area contributed by atoms with E-state index in [1.807, 2.05) is 42.1 Å². The molecule has 0 aliphatic rings. The second kappa shape index (κ2) is 6.01. The van der Waals surface area contributed by atoms with E-state index in [1.54, 1.807) is 6.20 Å². The molecule has 0 saturated carbocycles. The van der Waals surface area contributed by atoms with E-state index in [1.165, 1.54) is 0 Å². The molecule has 2 aromatic rings. The maximum atomic E-state index is 8.75. The average Bonchev–Trinajstić information content (AvgIpc) is 2.84. The topological polar surface area (TPSA) is 88.5 Å². The van der Waals surface area contributed by atoms with E-state index in [2.05, 4.69) is 15.5 Å². The Morgan fingerprint density at radius 2 is 2.21 bits per heavy atom. The Bertz CT molecular complexity index is 576. The Hall–Kier alpha value is -2.34. The second-order valence-corrected chi connectivity index (χ2v) is 4.20. The van der Waals surface area contributed by atoms with Crippen molar-refractivity contribution in [2.24, 2.45) is 17.9 Å². The highest BCUT2D eigenvalue weighted by molar-refractivity contribution is 5.98. The molecule has 19 heavy (non-hydrogen) atoms. The van der Waals surface area contributed by atoms with Gasteiger partial charge in [-0.1, -0.05) is 29.4 Å². The minimum Gasteiger partial charge on any atom is -0.409 e. The van der Waals surface area contributed by atoms with Gasteiger partial charge in [-0.2, -0.15) is 0 Å².